The lowest BCUT2D eigenvalue weighted by molar-refractivity contribution is 0.350. The van der Waals surface area contributed by atoms with Gasteiger partial charge in [-0.2, -0.15) is 4.44 Å². The third-order valence-electron chi connectivity index (χ3n) is 1.56. The first-order chi connectivity index (χ1) is 7.14. The van der Waals surface area contributed by atoms with Crippen LogP contribution in [-0.2, 0) is 9.13 Å². The van der Waals surface area contributed by atoms with E-state index in [0.29, 0.717) is 0 Å². The topological polar surface area (TPSA) is 118 Å². The lowest BCUT2D eigenvalue weighted by atomic mass is 10.3. The molecule has 1 rings (SSSR count). The molecule has 0 aliphatic rings. The lowest BCUT2D eigenvalue weighted by Gasteiger charge is -2.25. The molecule has 7 nitrogen and oxygen atoms in total. The standard InChI is InChI=1S/C6H8ClNO6P2/c7-5-3-1-2-4-6(5)8(15(9,10)11)16(12,13)14/h1-4H,(H2,9,10,11)(H2,12,13,14). The van der Waals surface area contributed by atoms with E-state index >= 15 is 0 Å². The summed E-state index contributed by atoms with van der Waals surface area (Å²) >= 11 is 5.60. The molecule has 0 saturated carbocycles. The van der Waals surface area contributed by atoms with Crippen molar-refractivity contribution in [3.05, 3.63) is 29.3 Å². The zero-order chi connectivity index (χ0) is 12.6. The Bertz CT molecular complexity index is 460. The summed E-state index contributed by atoms with van der Waals surface area (Å²) in [4.78, 5) is 35.5. The molecular weight excluding hydrogens is 279 g/mol. The van der Waals surface area contributed by atoms with Gasteiger partial charge in [-0.15, -0.1) is 0 Å². The fraction of sp³-hybridized carbons (Fsp3) is 0. The summed E-state index contributed by atoms with van der Waals surface area (Å²) in [5.41, 5.74) is -0.425. The molecule has 0 spiro atoms. The number of hydrogen-bond donors (Lipinski definition) is 4. The molecule has 0 aliphatic heterocycles. The van der Waals surface area contributed by atoms with Gasteiger partial charge < -0.3 is 19.6 Å². The molecule has 0 heterocycles. The van der Waals surface area contributed by atoms with Crippen molar-refractivity contribution in [2.24, 2.45) is 0 Å². The molecule has 90 valence electrons. The molecule has 0 saturated heterocycles. The molecule has 16 heavy (non-hydrogen) atoms. The van der Waals surface area contributed by atoms with Gasteiger partial charge in [-0.3, -0.25) is 0 Å². The number of benzene rings is 1. The molecule has 0 aliphatic carbocycles. The Hall–Kier alpha value is -0.390. The molecule has 0 unspecified atom stereocenters. The van der Waals surface area contributed by atoms with Crippen LogP contribution in [0.3, 0.4) is 0 Å². The minimum absolute atomic E-state index is 0.172. The van der Waals surface area contributed by atoms with Crippen LogP contribution in [0.1, 0.15) is 0 Å². The van der Waals surface area contributed by atoms with Crippen LogP contribution in [0.2, 0.25) is 5.02 Å². The van der Waals surface area contributed by atoms with Gasteiger partial charge in [-0.1, -0.05) is 23.7 Å². The van der Waals surface area contributed by atoms with Gasteiger partial charge in [0, 0.05) is 0 Å². The van der Waals surface area contributed by atoms with Crippen molar-refractivity contribution in [3.8, 4) is 0 Å². The van der Waals surface area contributed by atoms with Crippen molar-refractivity contribution >= 4 is 32.8 Å². The van der Waals surface area contributed by atoms with Gasteiger partial charge in [0.15, 0.2) is 0 Å². The Morgan fingerprint density at radius 1 is 1.00 bits per heavy atom. The number of hydrogen-bond acceptors (Lipinski definition) is 2. The Morgan fingerprint density at radius 3 is 1.81 bits per heavy atom. The fourth-order valence-corrected chi connectivity index (χ4v) is 3.51. The molecule has 0 amide bonds. The zero-order valence-corrected chi connectivity index (χ0v) is 10.2. The summed E-state index contributed by atoms with van der Waals surface area (Å²) < 4.78 is 21.7. The minimum atomic E-state index is -5.16. The van der Waals surface area contributed by atoms with Crippen molar-refractivity contribution < 1.29 is 28.7 Å². The summed E-state index contributed by atoms with van der Waals surface area (Å²) in [5, 5.41) is -0.172. The van der Waals surface area contributed by atoms with E-state index in [1.165, 1.54) is 18.2 Å². The van der Waals surface area contributed by atoms with Gasteiger partial charge in [0.1, 0.15) is 0 Å². The Morgan fingerprint density at radius 2 is 1.44 bits per heavy atom. The highest BCUT2D eigenvalue weighted by molar-refractivity contribution is 7.72. The highest BCUT2D eigenvalue weighted by Crippen LogP contribution is 2.61. The summed E-state index contributed by atoms with van der Waals surface area (Å²) in [5.74, 6) is 0. The molecule has 0 fully saturated rings. The van der Waals surface area contributed by atoms with Crippen molar-refractivity contribution in [1.82, 2.24) is 0 Å². The van der Waals surface area contributed by atoms with Crippen molar-refractivity contribution in [3.63, 3.8) is 0 Å². The fourth-order valence-electron chi connectivity index (χ4n) is 1.05. The van der Waals surface area contributed by atoms with Crippen molar-refractivity contribution in [2.45, 2.75) is 0 Å². The molecule has 4 N–H and O–H groups in total. The summed E-state index contributed by atoms with van der Waals surface area (Å²) in [6.07, 6.45) is 0. The third kappa shape index (κ3) is 3.06. The van der Waals surface area contributed by atoms with Crippen LogP contribution in [0, 0.1) is 0 Å². The number of para-hydroxylation sites is 1. The van der Waals surface area contributed by atoms with E-state index in [1.54, 1.807) is 0 Å². The molecule has 0 atom stereocenters. The highest BCUT2D eigenvalue weighted by Gasteiger charge is 2.40. The lowest BCUT2D eigenvalue weighted by Crippen LogP contribution is -2.15. The Balaban J connectivity index is 3.41. The summed E-state index contributed by atoms with van der Waals surface area (Å²) in [6, 6.07) is 5.17. The number of halogens is 1. The molecule has 0 radical (unpaired) electrons. The van der Waals surface area contributed by atoms with Gasteiger partial charge in [-0.25, -0.2) is 9.13 Å². The second kappa shape index (κ2) is 4.47. The van der Waals surface area contributed by atoms with E-state index in [0.717, 1.165) is 6.07 Å². The Kier molecular flexibility index (Phi) is 3.82. The first kappa shape index (κ1) is 13.7. The molecular formula is C6H8ClNO6P2. The maximum Gasteiger partial charge on any atom is 0.439 e. The average molecular weight is 288 g/mol. The van der Waals surface area contributed by atoms with E-state index in [9.17, 15) is 9.13 Å². The minimum Gasteiger partial charge on any atom is -0.308 e. The van der Waals surface area contributed by atoms with Crippen LogP contribution in [0.25, 0.3) is 0 Å². The van der Waals surface area contributed by atoms with Crippen LogP contribution in [-0.4, -0.2) is 19.6 Å². The third-order valence-corrected chi connectivity index (χ3v) is 4.70. The van der Waals surface area contributed by atoms with Crippen molar-refractivity contribution in [1.29, 1.82) is 0 Å². The van der Waals surface area contributed by atoms with E-state index < -0.39 is 21.2 Å². The Labute approximate surface area is 95.7 Å². The van der Waals surface area contributed by atoms with Crippen LogP contribution < -0.4 is 4.44 Å². The van der Waals surface area contributed by atoms with Crippen LogP contribution in [0.15, 0.2) is 24.3 Å². The summed E-state index contributed by atoms with van der Waals surface area (Å²) in [7, 11) is -10.3. The summed E-state index contributed by atoms with van der Waals surface area (Å²) in [6.45, 7) is 0. The molecule has 10 heteroatoms. The predicted octanol–water partition coefficient (Wildman–Crippen LogP) is 1.33. The normalized spacial score (nSPS) is 12.6. The highest BCUT2D eigenvalue weighted by atomic mass is 35.5. The molecule has 1 aromatic carbocycles. The monoisotopic (exact) mass is 287 g/mol. The second-order valence-corrected chi connectivity index (χ2v) is 6.34. The first-order valence-corrected chi connectivity index (χ1v) is 7.31. The quantitative estimate of drug-likeness (QED) is 0.619. The van der Waals surface area contributed by atoms with Gasteiger partial charge >= 0.3 is 15.5 Å². The van der Waals surface area contributed by atoms with E-state index in [2.05, 4.69) is 0 Å². The molecule has 1 aromatic rings. The first-order valence-electron chi connectivity index (χ1n) is 3.81. The number of nitrogens with zero attached hydrogens (tertiary/aromatic N) is 1. The van der Waals surface area contributed by atoms with Gasteiger partial charge in [0.2, 0.25) is 0 Å². The maximum atomic E-state index is 11.0. The molecule has 0 bridgehead atoms. The van der Waals surface area contributed by atoms with Gasteiger partial charge in [0.25, 0.3) is 0 Å². The predicted molar refractivity (Wildman–Crippen MR) is 58.0 cm³/mol. The molecule has 0 aromatic heterocycles. The maximum absolute atomic E-state index is 11.0. The van der Waals surface area contributed by atoms with Crippen molar-refractivity contribution in [2.75, 3.05) is 4.44 Å². The average Bonchev–Trinajstić information content (AvgIpc) is 2.03. The van der Waals surface area contributed by atoms with E-state index in [4.69, 9.17) is 31.2 Å². The van der Waals surface area contributed by atoms with Gasteiger partial charge in [0.05, 0.1) is 10.7 Å². The van der Waals surface area contributed by atoms with Gasteiger partial charge in [-0.05, 0) is 12.1 Å². The smallest absolute Gasteiger partial charge is 0.308 e. The SMILES string of the molecule is O=P(O)(O)N(c1ccccc1Cl)P(=O)(O)O. The van der Waals surface area contributed by atoms with Crippen LogP contribution >= 0.6 is 27.1 Å². The largest absolute Gasteiger partial charge is 0.439 e. The number of anilines is 1. The number of rotatable bonds is 3. The van der Waals surface area contributed by atoms with E-state index in [-0.39, 0.29) is 9.46 Å². The second-order valence-electron chi connectivity index (χ2n) is 2.77. The van der Waals surface area contributed by atoms with Crippen LogP contribution in [0.4, 0.5) is 5.69 Å². The van der Waals surface area contributed by atoms with E-state index in [1.807, 2.05) is 0 Å². The van der Waals surface area contributed by atoms with Crippen LogP contribution in [0.5, 0.6) is 0 Å². The zero-order valence-electron chi connectivity index (χ0n) is 7.63.